The lowest BCUT2D eigenvalue weighted by atomic mass is 10.1. The number of allylic oxidation sites excluding steroid dienone is 5. The molecule has 0 fully saturated rings. The number of fused-ring (bicyclic) bond motifs is 2. The summed E-state index contributed by atoms with van der Waals surface area (Å²) in [5.41, 5.74) is 4.72. The number of likely N-dealkylation sites (N-methyl/N-ethyl adjacent to an activating group) is 1. The van der Waals surface area contributed by atoms with E-state index in [9.17, 15) is 10.1 Å². The molecule has 0 saturated carbocycles. The smallest absolute Gasteiger partial charge is 0.414 e. The van der Waals surface area contributed by atoms with Crippen LogP contribution in [0.25, 0.3) is 16.3 Å². The van der Waals surface area contributed by atoms with E-state index in [2.05, 4.69) is 79.5 Å². The first-order valence-corrected chi connectivity index (χ1v) is 18.5. The van der Waals surface area contributed by atoms with Crippen molar-refractivity contribution >= 4 is 63.5 Å². The predicted octanol–water partition coefficient (Wildman–Crippen LogP) is 7.73. The van der Waals surface area contributed by atoms with Crippen LogP contribution in [0.1, 0.15) is 51.5 Å². The minimum absolute atomic E-state index is 0.376. The maximum absolute atomic E-state index is 13.4. The highest BCUT2D eigenvalue weighted by atomic mass is 32.2. The third-order valence-electron chi connectivity index (χ3n) is 7.85. The van der Waals surface area contributed by atoms with Gasteiger partial charge in [-0.05, 0) is 81.5 Å². The van der Waals surface area contributed by atoms with E-state index in [-0.39, 0.29) is 6.09 Å². The summed E-state index contributed by atoms with van der Waals surface area (Å²) in [6.07, 6.45) is 11.4. The number of amides is 1. The standard InChI is InChI=1S/C36H43N3O7S3/c1-36(2,3)44-35(40)37(4)34-26(18-20-32-38(22-10-24-42-5)28-12-6-8-14-30(28)47-32)16-17-27(34)19-21-33-39(23-11-25-43-49-46-45-41)29-13-7-9-15-31(29)48-33/h6-9,12-15,18-21H,10-11,16-17,22-25H2,1-5H3. The molecule has 0 bridgehead atoms. The molecule has 10 nitrogen and oxygen atoms in total. The molecule has 13 heteroatoms. The van der Waals surface area contributed by atoms with Gasteiger partial charge in [-0.25, -0.2) is 4.79 Å². The Morgan fingerprint density at radius 2 is 1.86 bits per heavy atom. The summed E-state index contributed by atoms with van der Waals surface area (Å²) in [7, 11) is 3.52. The molecular formula is C36H43N3O7S3. The second-order valence-corrected chi connectivity index (χ2v) is 15.1. The number of benzene rings is 2. The number of rotatable bonds is 15. The van der Waals surface area contributed by atoms with E-state index in [0.29, 0.717) is 38.5 Å². The molecule has 3 aromatic rings. The van der Waals surface area contributed by atoms with Gasteiger partial charge in [0.2, 0.25) is 5.52 Å². The van der Waals surface area contributed by atoms with Gasteiger partial charge in [-0.1, -0.05) is 53.4 Å². The number of anilines is 1. The Kier molecular flexibility index (Phi) is 13.4. The minimum Gasteiger partial charge on any atom is -0.691 e. The number of carbonyl (C=O) groups excluding carboxylic acids is 1. The van der Waals surface area contributed by atoms with Crippen molar-refractivity contribution in [2.75, 3.05) is 38.8 Å². The fraction of sp³-hybridized carbons (Fsp3) is 0.389. The van der Waals surface area contributed by atoms with E-state index in [0.717, 1.165) is 58.2 Å². The molecule has 0 N–H and O–H groups in total. The molecule has 2 aromatic carbocycles. The van der Waals surface area contributed by atoms with Gasteiger partial charge in [0, 0.05) is 50.8 Å². The fourth-order valence-electron chi connectivity index (χ4n) is 5.76. The number of hydrogen-bond acceptors (Lipinski definition) is 11. The van der Waals surface area contributed by atoms with E-state index in [1.807, 2.05) is 32.9 Å². The van der Waals surface area contributed by atoms with Gasteiger partial charge < -0.3 is 19.6 Å². The lowest BCUT2D eigenvalue weighted by Crippen LogP contribution is -2.35. The molecule has 1 aromatic heterocycles. The summed E-state index contributed by atoms with van der Waals surface area (Å²) in [4.78, 5) is 18.7. The van der Waals surface area contributed by atoms with Crippen molar-refractivity contribution in [3.8, 4) is 0 Å². The number of aromatic nitrogens is 1. The molecular weight excluding hydrogens is 683 g/mol. The average Bonchev–Trinajstić information content (AvgIpc) is 3.76. The van der Waals surface area contributed by atoms with Crippen molar-refractivity contribution < 1.29 is 37.6 Å². The molecule has 5 rings (SSSR count). The minimum atomic E-state index is -0.625. The molecule has 1 aliphatic carbocycles. The molecule has 0 radical (unpaired) electrons. The Bertz CT molecular complexity index is 1730. The maximum Gasteiger partial charge on any atom is 0.414 e. The van der Waals surface area contributed by atoms with Gasteiger partial charge in [0.1, 0.15) is 10.3 Å². The first kappa shape index (κ1) is 37.1. The quantitative estimate of drug-likeness (QED) is 0.0509. The van der Waals surface area contributed by atoms with Crippen LogP contribution < -0.4 is 14.7 Å². The monoisotopic (exact) mass is 725 g/mol. The number of hydrogen-bond donors (Lipinski definition) is 0. The van der Waals surface area contributed by atoms with Crippen LogP contribution >= 0.6 is 35.4 Å². The summed E-state index contributed by atoms with van der Waals surface area (Å²) in [6.45, 7) is 8.26. The van der Waals surface area contributed by atoms with Crippen LogP contribution in [0.3, 0.4) is 0 Å². The summed E-state index contributed by atoms with van der Waals surface area (Å²) < 4.78 is 24.0. The third kappa shape index (κ3) is 9.77. The highest BCUT2D eigenvalue weighted by Gasteiger charge is 2.30. The Morgan fingerprint density at radius 1 is 1.06 bits per heavy atom. The highest BCUT2D eigenvalue weighted by Crippen LogP contribution is 2.46. The number of carbonyl (C=O) groups is 1. The third-order valence-corrected chi connectivity index (χ3v) is 10.5. The van der Waals surface area contributed by atoms with Gasteiger partial charge in [-0.2, -0.15) is 4.57 Å². The van der Waals surface area contributed by atoms with Gasteiger partial charge in [-0.3, -0.25) is 14.1 Å². The van der Waals surface area contributed by atoms with Crippen LogP contribution in [0, 0.1) is 0 Å². The van der Waals surface area contributed by atoms with Crippen LogP contribution in [-0.4, -0.2) is 50.5 Å². The number of thiazole rings is 1. The first-order valence-electron chi connectivity index (χ1n) is 16.2. The molecule has 2 aliphatic rings. The predicted molar refractivity (Wildman–Crippen MR) is 194 cm³/mol. The summed E-state index contributed by atoms with van der Waals surface area (Å²) in [6, 6.07) is 16.7. The van der Waals surface area contributed by atoms with E-state index >= 15 is 0 Å². The molecule has 49 heavy (non-hydrogen) atoms. The van der Waals surface area contributed by atoms with Crippen molar-refractivity contribution in [2.45, 2.75) is 63.5 Å². The second-order valence-electron chi connectivity index (χ2n) is 12.5. The van der Waals surface area contributed by atoms with Crippen molar-refractivity contribution in [1.82, 2.24) is 4.90 Å². The first-order chi connectivity index (χ1) is 23.7. The molecule has 1 aliphatic heterocycles. The topological polar surface area (TPSA) is 96.6 Å². The van der Waals surface area contributed by atoms with Gasteiger partial charge >= 0.3 is 6.09 Å². The van der Waals surface area contributed by atoms with Gasteiger partial charge in [-0.15, -0.1) is 4.33 Å². The molecule has 1 amide bonds. The largest absolute Gasteiger partial charge is 0.691 e. The molecule has 0 saturated heterocycles. The van der Waals surface area contributed by atoms with Crippen LogP contribution in [0.2, 0.25) is 0 Å². The Balaban J connectivity index is 1.47. The lowest BCUT2D eigenvalue weighted by Gasteiger charge is -2.26. The lowest BCUT2D eigenvalue weighted by molar-refractivity contribution is -0.777. The normalized spacial score (nSPS) is 16.6. The number of ether oxygens (including phenoxy) is 2. The second kappa shape index (κ2) is 17.7. The van der Waals surface area contributed by atoms with E-state index in [1.54, 1.807) is 42.2 Å². The van der Waals surface area contributed by atoms with Crippen molar-refractivity contribution in [3.63, 3.8) is 0 Å². The number of thioether (sulfide) groups is 1. The van der Waals surface area contributed by atoms with Gasteiger partial charge in [0.05, 0.1) is 23.0 Å². The Hall–Kier alpha value is -3.14. The number of nitrogens with zero attached hydrogens (tertiary/aromatic N) is 3. The highest BCUT2D eigenvalue weighted by molar-refractivity contribution is 8.03. The zero-order valence-electron chi connectivity index (χ0n) is 28.5. The number of methoxy groups -OCH3 is 1. The van der Waals surface area contributed by atoms with Crippen molar-refractivity contribution in [1.29, 1.82) is 0 Å². The number of para-hydroxylation sites is 2. The van der Waals surface area contributed by atoms with Crippen LogP contribution in [-0.2, 0) is 29.6 Å². The fourth-order valence-corrected chi connectivity index (χ4v) is 8.19. The van der Waals surface area contributed by atoms with Gasteiger partial charge in [0.25, 0.3) is 5.01 Å². The molecule has 2 heterocycles. The summed E-state index contributed by atoms with van der Waals surface area (Å²) in [5.74, 6) is 0. The molecule has 0 atom stereocenters. The van der Waals surface area contributed by atoms with Crippen molar-refractivity contribution in [2.24, 2.45) is 0 Å². The van der Waals surface area contributed by atoms with E-state index in [4.69, 9.17) is 13.7 Å². The van der Waals surface area contributed by atoms with Crippen LogP contribution in [0.15, 0.2) is 93.5 Å². The molecule has 262 valence electrons. The maximum atomic E-state index is 13.4. The zero-order valence-corrected chi connectivity index (χ0v) is 31.0. The summed E-state index contributed by atoms with van der Waals surface area (Å²) in [5, 5.41) is 15.6. The SMILES string of the molecule is COCCCN1/C(=C/C=C2CCC(/C=C/c3sc4ccccc4[n+]3CCCOSOO[O-])=C2N(C)C(=O)OC(C)(C)C)Sc2ccccc21. The molecule has 0 spiro atoms. The Labute approximate surface area is 300 Å². The average molecular weight is 726 g/mol. The Morgan fingerprint density at radius 3 is 2.65 bits per heavy atom. The zero-order chi connectivity index (χ0) is 34.8. The van der Waals surface area contributed by atoms with Crippen molar-refractivity contribution in [3.05, 3.63) is 93.6 Å². The molecule has 0 unspecified atom stereocenters. The van der Waals surface area contributed by atoms with Crippen LogP contribution in [0.4, 0.5) is 10.5 Å². The van der Waals surface area contributed by atoms with E-state index in [1.165, 1.54) is 15.3 Å². The van der Waals surface area contributed by atoms with E-state index < -0.39 is 5.60 Å². The summed E-state index contributed by atoms with van der Waals surface area (Å²) >= 11 is 3.99. The number of aryl methyl sites for hydroxylation is 1. The van der Waals surface area contributed by atoms with Gasteiger partial charge in [0.15, 0.2) is 18.9 Å². The van der Waals surface area contributed by atoms with Crippen LogP contribution in [0.5, 0.6) is 0 Å².